The van der Waals surface area contributed by atoms with Crippen LogP contribution in [0.15, 0.2) is 0 Å². The van der Waals surface area contributed by atoms with Gasteiger partial charge in [-0.2, -0.15) is 0 Å². The summed E-state index contributed by atoms with van der Waals surface area (Å²) in [5.41, 5.74) is -0.0273. The number of aliphatic hydroxyl groups is 1. The number of amides is 1. The summed E-state index contributed by atoms with van der Waals surface area (Å²) in [4.78, 5) is 11.3. The largest absolute Gasteiger partial charge is 0.392 e. The van der Waals surface area contributed by atoms with E-state index in [0.29, 0.717) is 18.5 Å². The van der Waals surface area contributed by atoms with Gasteiger partial charge in [-0.05, 0) is 19.3 Å². The van der Waals surface area contributed by atoms with Crippen molar-refractivity contribution in [2.75, 3.05) is 13.1 Å². The van der Waals surface area contributed by atoms with Crippen molar-refractivity contribution in [2.24, 2.45) is 11.3 Å². The SMILES string of the molecule is CC1(C)C(O)CC1NCCNC(=O)C1CC1. The summed E-state index contributed by atoms with van der Waals surface area (Å²) in [6.07, 6.45) is 2.75. The molecule has 92 valence electrons. The predicted octanol–water partition coefficient (Wildman–Crippen LogP) is 0.262. The number of nitrogens with one attached hydrogen (secondary N) is 2. The average Bonchev–Trinajstić information content (AvgIpc) is 3.05. The summed E-state index contributed by atoms with van der Waals surface area (Å²) >= 11 is 0. The van der Waals surface area contributed by atoms with E-state index in [2.05, 4.69) is 24.5 Å². The van der Waals surface area contributed by atoms with Crippen molar-refractivity contribution in [3.63, 3.8) is 0 Å². The molecule has 4 heteroatoms. The van der Waals surface area contributed by atoms with E-state index in [-0.39, 0.29) is 17.4 Å². The predicted molar refractivity (Wildman–Crippen MR) is 61.9 cm³/mol. The normalized spacial score (nSPS) is 31.9. The highest BCUT2D eigenvalue weighted by molar-refractivity contribution is 5.80. The molecule has 2 rings (SSSR count). The molecule has 0 aromatic rings. The van der Waals surface area contributed by atoms with E-state index in [1.807, 2.05) is 0 Å². The molecule has 0 saturated heterocycles. The number of aliphatic hydroxyl groups excluding tert-OH is 1. The second-order valence-electron chi connectivity index (χ2n) is 5.64. The Bertz CT molecular complexity index is 274. The van der Waals surface area contributed by atoms with E-state index in [4.69, 9.17) is 0 Å². The van der Waals surface area contributed by atoms with E-state index < -0.39 is 0 Å². The molecule has 0 bridgehead atoms. The topological polar surface area (TPSA) is 61.4 Å². The molecule has 0 aromatic heterocycles. The first-order valence-electron chi connectivity index (χ1n) is 6.21. The Hall–Kier alpha value is -0.610. The van der Waals surface area contributed by atoms with Crippen molar-refractivity contribution < 1.29 is 9.90 Å². The first kappa shape index (κ1) is 11.9. The summed E-state index contributed by atoms with van der Waals surface area (Å²) < 4.78 is 0. The van der Waals surface area contributed by atoms with E-state index in [9.17, 15) is 9.90 Å². The Morgan fingerprint density at radius 1 is 1.38 bits per heavy atom. The third-order valence-electron chi connectivity index (χ3n) is 3.98. The molecule has 2 unspecified atom stereocenters. The van der Waals surface area contributed by atoms with E-state index >= 15 is 0 Å². The number of carbonyl (C=O) groups is 1. The lowest BCUT2D eigenvalue weighted by atomic mass is 9.64. The minimum absolute atomic E-state index is 0.0273. The Balaban J connectivity index is 1.56. The summed E-state index contributed by atoms with van der Waals surface area (Å²) in [6.45, 7) is 5.63. The molecule has 2 fully saturated rings. The van der Waals surface area contributed by atoms with Crippen molar-refractivity contribution in [1.82, 2.24) is 10.6 Å². The van der Waals surface area contributed by atoms with Crippen LogP contribution in [-0.4, -0.2) is 36.2 Å². The molecular formula is C12H22N2O2. The number of rotatable bonds is 5. The molecule has 2 atom stereocenters. The Labute approximate surface area is 96.8 Å². The van der Waals surface area contributed by atoms with Gasteiger partial charge >= 0.3 is 0 Å². The van der Waals surface area contributed by atoms with Crippen LogP contribution in [-0.2, 0) is 4.79 Å². The molecule has 16 heavy (non-hydrogen) atoms. The molecule has 0 aromatic carbocycles. The van der Waals surface area contributed by atoms with Crippen LogP contribution < -0.4 is 10.6 Å². The summed E-state index contributed by atoms with van der Waals surface area (Å²) in [5.74, 6) is 0.497. The highest BCUT2D eigenvalue weighted by Crippen LogP contribution is 2.40. The standard InChI is InChI=1S/C12H22N2O2/c1-12(2)9(7-10(12)15)13-5-6-14-11(16)8-3-4-8/h8-10,13,15H,3-7H2,1-2H3,(H,14,16). The van der Waals surface area contributed by atoms with Gasteiger partial charge in [0, 0.05) is 30.5 Å². The Kier molecular flexibility index (Phi) is 3.22. The van der Waals surface area contributed by atoms with Crippen LogP contribution in [0.4, 0.5) is 0 Å². The average molecular weight is 226 g/mol. The van der Waals surface area contributed by atoms with Crippen molar-refractivity contribution in [3.8, 4) is 0 Å². The lowest BCUT2D eigenvalue weighted by molar-refractivity contribution is -0.122. The van der Waals surface area contributed by atoms with Crippen molar-refractivity contribution in [2.45, 2.75) is 45.3 Å². The van der Waals surface area contributed by atoms with E-state index in [0.717, 1.165) is 25.8 Å². The second kappa shape index (κ2) is 4.34. The van der Waals surface area contributed by atoms with Crippen LogP contribution in [0.25, 0.3) is 0 Å². The molecule has 2 aliphatic rings. The van der Waals surface area contributed by atoms with Gasteiger partial charge in [0.25, 0.3) is 0 Å². The molecule has 0 heterocycles. The fourth-order valence-electron chi connectivity index (χ4n) is 2.17. The van der Waals surface area contributed by atoms with Crippen molar-refractivity contribution in [1.29, 1.82) is 0 Å². The molecule has 0 spiro atoms. The maximum absolute atomic E-state index is 11.3. The lowest BCUT2D eigenvalue weighted by Gasteiger charge is -2.49. The van der Waals surface area contributed by atoms with Gasteiger partial charge in [0.2, 0.25) is 5.91 Å². The smallest absolute Gasteiger partial charge is 0.223 e. The molecule has 2 aliphatic carbocycles. The van der Waals surface area contributed by atoms with Gasteiger partial charge in [-0.15, -0.1) is 0 Å². The maximum Gasteiger partial charge on any atom is 0.223 e. The number of hydrogen-bond acceptors (Lipinski definition) is 3. The minimum atomic E-state index is -0.189. The van der Waals surface area contributed by atoms with Crippen LogP contribution in [0.2, 0.25) is 0 Å². The molecule has 1 amide bonds. The van der Waals surface area contributed by atoms with Gasteiger partial charge in [-0.3, -0.25) is 4.79 Å². The molecule has 0 radical (unpaired) electrons. The van der Waals surface area contributed by atoms with Crippen molar-refractivity contribution >= 4 is 5.91 Å². The van der Waals surface area contributed by atoms with Crippen molar-refractivity contribution in [3.05, 3.63) is 0 Å². The summed E-state index contributed by atoms with van der Waals surface area (Å²) in [6, 6.07) is 0.375. The van der Waals surface area contributed by atoms with Crippen LogP contribution in [0.5, 0.6) is 0 Å². The molecule has 4 nitrogen and oxygen atoms in total. The van der Waals surface area contributed by atoms with Gasteiger partial charge in [0.1, 0.15) is 0 Å². The number of carbonyl (C=O) groups excluding carboxylic acids is 1. The van der Waals surface area contributed by atoms with Gasteiger partial charge < -0.3 is 15.7 Å². The van der Waals surface area contributed by atoms with Crippen LogP contribution in [0, 0.1) is 11.3 Å². The first-order chi connectivity index (χ1) is 7.51. The quantitative estimate of drug-likeness (QED) is 0.589. The molecule has 0 aliphatic heterocycles. The second-order valence-corrected chi connectivity index (χ2v) is 5.64. The fraction of sp³-hybridized carbons (Fsp3) is 0.917. The van der Waals surface area contributed by atoms with E-state index in [1.165, 1.54) is 0 Å². The van der Waals surface area contributed by atoms with Crippen LogP contribution >= 0.6 is 0 Å². The van der Waals surface area contributed by atoms with Crippen LogP contribution in [0.3, 0.4) is 0 Å². The molecular weight excluding hydrogens is 204 g/mol. The minimum Gasteiger partial charge on any atom is -0.392 e. The third kappa shape index (κ3) is 2.38. The lowest BCUT2D eigenvalue weighted by Crippen LogP contribution is -2.60. The van der Waals surface area contributed by atoms with Gasteiger partial charge in [-0.1, -0.05) is 13.8 Å². The zero-order valence-electron chi connectivity index (χ0n) is 10.1. The summed E-state index contributed by atoms with van der Waals surface area (Å²) in [5, 5.41) is 15.9. The van der Waals surface area contributed by atoms with Gasteiger partial charge in [0.05, 0.1) is 6.10 Å². The van der Waals surface area contributed by atoms with Gasteiger partial charge in [-0.25, -0.2) is 0 Å². The zero-order chi connectivity index (χ0) is 11.8. The first-order valence-corrected chi connectivity index (χ1v) is 6.21. The third-order valence-corrected chi connectivity index (χ3v) is 3.98. The summed E-state index contributed by atoms with van der Waals surface area (Å²) in [7, 11) is 0. The Morgan fingerprint density at radius 2 is 2.06 bits per heavy atom. The Morgan fingerprint density at radius 3 is 2.56 bits per heavy atom. The monoisotopic (exact) mass is 226 g/mol. The molecule has 3 N–H and O–H groups in total. The van der Waals surface area contributed by atoms with Gasteiger partial charge in [0.15, 0.2) is 0 Å². The van der Waals surface area contributed by atoms with E-state index in [1.54, 1.807) is 0 Å². The molecule has 2 saturated carbocycles. The fourth-order valence-corrected chi connectivity index (χ4v) is 2.17. The highest BCUT2D eigenvalue weighted by atomic mass is 16.3. The number of hydrogen-bond donors (Lipinski definition) is 3. The zero-order valence-corrected chi connectivity index (χ0v) is 10.1. The van der Waals surface area contributed by atoms with Crippen LogP contribution in [0.1, 0.15) is 33.1 Å². The maximum atomic E-state index is 11.3. The highest BCUT2D eigenvalue weighted by Gasteiger charge is 2.46.